The minimum atomic E-state index is -3.23. The number of nitrogens with zero attached hydrogens (tertiary/aromatic N) is 6. The number of rotatable bonds is 7. The molecule has 0 spiro atoms. The van der Waals surface area contributed by atoms with Gasteiger partial charge in [0.15, 0.2) is 12.3 Å². The molecule has 4 aliphatic rings. The highest BCUT2D eigenvalue weighted by Crippen LogP contribution is 2.33. The van der Waals surface area contributed by atoms with Gasteiger partial charge in [0.25, 0.3) is 0 Å². The Morgan fingerprint density at radius 2 is 1.90 bits per heavy atom. The smallest absolute Gasteiger partial charge is 0.301 e. The number of benzene rings is 2. The normalized spacial score (nSPS) is 24.2. The third kappa shape index (κ3) is 6.00. The number of halogens is 2. The summed E-state index contributed by atoms with van der Waals surface area (Å²) in [4.78, 5) is 25.8. The lowest BCUT2D eigenvalue weighted by molar-refractivity contribution is -0.151. The van der Waals surface area contributed by atoms with Gasteiger partial charge in [-0.2, -0.15) is 5.26 Å². The van der Waals surface area contributed by atoms with E-state index in [-0.39, 0.29) is 24.3 Å². The number of aliphatic imine (C=N–C) groups is 2. The number of guanidine groups is 1. The van der Waals surface area contributed by atoms with Crippen molar-refractivity contribution in [2.75, 3.05) is 62.7 Å². The van der Waals surface area contributed by atoms with Crippen molar-refractivity contribution in [3.8, 4) is 11.8 Å². The lowest BCUT2D eigenvalue weighted by atomic mass is 10.0. The number of hydrogen-bond acceptors (Lipinski definition) is 10. The van der Waals surface area contributed by atoms with Crippen molar-refractivity contribution in [2.24, 2.45) is 9.98 Å². The van der Waals surface area contributed by atoms with Gasteiger partial charge in [-0.15, -0.1) is 0 Å². The maximum Gasteiger partial charge on any atom is 0.301 e. The van der Waals surface area contributed by atoms with Crippen LogP contribution in [0.5, 0.6) is 5.75 Å². The number of piperidine rings is 1. The minimum absolute atomic E-state index is 0.0376. The molecule has 220 valence electrons. The van der Waals surface area contributed by atoms with E-state index in [9.17, 15) is 18.8 Å². The number of piperazine rings is 1. The predicted octanol–water partition coefficient (Wildman–Crippen LogP) is 2.42. The molecule has 4 heterocycles. The van der Waals surface area contributed by atoms with Crippen molar-refractivity contribution < 1.29 is 23.0 Å². The van der Waals surface area contributed by atoms with Crippen LogP contribution in [0.2, 0.25) is 0 Å². The van der Waals surface area contributed by atoms with Crippen molar-refractivity contribution >= 4 is 30.1 Å². The van der Waals surface area contributed by atoms with Crippen LogP contribution in [0.25, 0.3) is 0 Å². The summed E-state index contributed by atoms with van der Waals surface area (Å²) in [7, 11) is 0. The van der Waals surface area contributed by atoms with Crippen LogP contribution in [0.15, 0.2) is 52.4 Å². The average molecular weight is 579 g/mol. The quantitative estimate of drug-likeness (QED) is 0.482. The fraction of sp³-hybridized carbons (Fsp3) is 0.448. The lowest BCUT2D eigenvalue weighted by Crippen LogP contribution is -2.56. The van der Waals surface area contributed by atoms with Crippen molar-refractivity contribution in [2.45, 2.75) is 30.7 Å². The molecule has 13 heteroatoms. The molecular formula is C29H32F2N8O3. The molecule has 2 atom stereocenters. The molecule has 0 radical (unpaired) electrons. The summed E-state index contributed by atoms with van der Waals surface area (Å²) in [5.74, 6) is -2.68. The van der Waals surface area contributed by atoms with Crippen LogP contribution in [0.4, 0.5) is 20.2 Å². The second-order valence-corrected chi connectivity index (χ2v) is 10.8. The summed E-state index contributed by atoms with van der Waals surface area (Å²) >= 11 is 0. The van der Waals surface area contributed by atoms with Gasteiger partial charge in [-0.3, -0.25) is 9.69 Å². The van der Waals surface area contributed by atoms with Crippen LogP contribution in [-0.4, -0.2) is 99.1 Å². The average Bonchev–Trinajstić information content (AvgIpc) is 2.98. The van der Waals surface area contributed by atoms with Crippen molar-refractivity contribution in [1.29, 1.82) is 5.26 Å². The van der Waals surface area contributed by atoms with Crippen LogP contribution in [0.1, 0.15) is 23.7 Å². The van der Waals surface area contributed by atoms with Crippen molar-refractivity contribution in [1.82, 2.24) is 15.1 Å². The van der Waals surface area contributed by atoms with E-state index < -0.39 is 24.7 Å². The Bertz CT molecular complexity index is 1380. The van der Waals surface area contributed by atoms with Crippen LogP contribution >= 0.6 is 0 Å². The van der Waals surface area contributed by atoms with Gasteiger partial charge in [0, 0.05) is 50.5 Å². The number of carbonyl (C=O) groups excluding carboxylic acids is 1. The summed E-state index contributed by atoms with van der Waals surface area (Å²) in [6, 6.07) is 15.5. The first-order chi connectivity index (χ1) is 20.4. The first-order valence-electron chi connectivity index (χ1n) is 14.0. The van der Waals surface area contributed by atoms with E-state index in [1.54, 1.807) is 12.1 Å². The molecule has 2 aromatic rings. The van der Waals surface area contributed by atoms with Gasteiger partial charge in [-0.25, -0.2) is 18.8 Å². The zero-order valence-electron chi connectivity index (χ0n) is 23.0. The van der Waals surface area contributed by atoms with Crippen LogP contribution in [0.3, 0.4) is 0 Å². The predicted molar refractivity (Wildman–Crippen MR) is 153 cm³/mol. The number of ether oxygens (including phenoxy) is 2. The van der Waals surface area contributed by atoms with Gasteiger partial charge in [0.05, 0.1) is 37.7 Å². The van der Waals surface area contributed by atoms with Crippen molar-refractivity contribution in [3.05, 3.63) is 53.6 Å². The van der Waals surface area contributed by atoms with E-state index in [1.807, 2.05) is 18.2 Å². The summed E-state index contributed by atoms with van der Waals surface area (Å²) in [5, 5.41) is 16.0. The highest BCUT2D eigenvalue weighted by Gasteiger charge is 2.46. The monoisotopic (exact) mass is 578 g/mol. The molecule has 2 N–H and O–H groups in total. The summed E-state index contributed by atoms with van der Waals surface area (Å²) in [6.07, 6.45) is -0.171. The maximum atomic E-state index is 14.5. The van der Waals surface area contributed by atoms with E-state index in [4.69, 9.17) is 9.47 Å². The number of anilines is 2. The Hall–Kier alpha value is -4.28. The highest BCUT2D eigenvalue weighted by molar-refractivity contribution is 6.01. The molecule has 3 fully saturated rings. The Balaban J connectivity index is 1.08. The molecule has 0 bridgehead atoms. The number of nitriles is 1. The van der Waals surface area contributed by atoms with Gasteiger partial charge in [0.1, 0.15) is 11.8 Å². The summed E-state index contributed by atoms with van der Waals surface area (Å²) in [5.41, 5.74) is 2.74. The number of alkyl halides is 2. The van der Waals surface area contributed by atoms with Gasteiger partial charge in [-0.05, 0) is 42.0 Å². The zero-order valence-corrected chi connectivity index (χ0v) is 23.0. The third-order valence-electron chi connectivity index (χ3n) is 8.02. The molecule has 1 amide bonds. The van der Waals surface area contributed by atoms with Gasteiger partial charge < -0.3 is 29.9 Å². The molecular weight excluding hydrogens is 546 g/mol. The molecule has 2 aromatic carbocycles. The zero-order chi connectivity index (χ0) is 29.1. The lowest BCUT2D eigenvalue weighted by Gasteiger charge is -2.43. The molecule has 42 heavy (non-hydrogen) atoms. The molecule has 0 aromatic heterocycles. The topological polar surface area (TPSA) is 118 Å². The van der Waals surface area contributed by atoms with Crippen LogP contribution in [-0.2, 0) is 9.53 Å². The van der Waals surface area contributed by atoms with Gasteiger partial charge in [0.2, 0.25) is 12.4 Å². The molecule has 6 rings (SSSR count). The molecule has 11 nitrogen and oxygen atoms in total. The minimum Gasteiger partial charge on any atom is -0.483 e. The second-order valence-electron chi connectivity index (χ2n) is 10.8. The van der Waals surface area contributed by atoms with E-state index in [2.05, 4.69) is 42.6 Å². The first kappa shape index (κ1) is 27.9. The number of hydrogen-bond donors (Lipinski definition) is 2. The van der Waals surface area contributed by atoms with Gasteiger partial charge in [-0.1, -0.05) is 6.07 Å². The summed E-state index contributed by atoms with van der Waals surface area (Å²) in [6.45, 7) is 5.15. The van der Waals surface area contributed by atoms with Gasteiger partial charge >= 0.3 is 5.92 Å². The van der Waals surface area contributed by atoms with E-state index in [1.165, 1.54) is 18.1 Å². The Labute approximate surface area is 242 Å². The number of amides is 1. The van der Waals surface area contributed by atoms with E-state index >= 15 is 0 Å². The fourth-order valence-electron chi connectivity index (χ4n) is 5.50. The maximum absolute atomic E-state index is 14.5. The Morgan fingerprint density at radius 1 is 1.12 bits per heavy atom. The Kier molecular flexibility index (Phi) is 7.90. The highest BCUT2D eigenvalue weighted by atomic mass is 19.3. The SMILES string of the molecule is N#Cc1cc(C2N=CNC(Nc3ccc(N4CCN(C5COC5)CC4)cc3)=N2)ccc1OC1CCN(C=O)CC1(F)F. The summed E-state index contributed by atoms with van der Waals surface area (Å²) < 4.78 is 40.0. The largest absolute Gasteiger partial charge is 0.483 e. The van der Waals surface area contributed by atoms with Crippen molar-refractivity contribution in [3.63, 3.8) is 0 Å². The second kappa shape index (κ2) is 11.9. The van der Waals surface area contributed by atoms with E-state index in [0.29, 0.717) is 24.0 Å². The third-order valence-corrected chi connectivity index (χ3v) is 8.02. The van der Waals surface area contributed by atoms with Crippen LogP contribution < -0.4 is 20.3 Å². The molecule has 0 saturated carbocycles. The Morgan fingerprint density at radius 3 is 2.57 bits per heavy atom. The molecule has 4 aliphatic heterocycles. The molecule has 3 saturated heterocycles. The number of nitrogens with one attached hydrogen (secondary N) is 2. The first-order valence-corrected chi connectivity index (χ1v) is 14.0. The fourth-order valence-corrected chi connectivity index (χ4v) is 5.50. The molecule has 0 aliphatic carbocycles. The standard InChI is InChI=1S/C29H32F2N8O3/c30-29(31)17-37(19-40)8-7-26(29)42-25-6-1-20(13-21(25)14-32)27-33-18-34-28(36-27)35-22-2-4-23(5-3-22)38-9-11-39(12-10-38)24-15-41-16-24/h1-6,13,18-19,24,26-27H,7-12,15-17H2,(H2,33,34,35,36). The number of carbonyl (C=O) groups is 1. The van der Waals surface area contributed by atoms with Crippen LogP contribution in [0, 0.1) is 11.3 Å². The molecule has 2 unspecified atom stereocenters. The van der Waals surface area contributed by atoms with E-state index in [0.717, 1.165) is 50.0 Å². The number of likely N-dealkylation sites (tertiary alicyclic amines) is 1.